The fourth-order valence-electron chi connectivity index (χ4n) is 2.40. The van der Waals surface area contributed by atoms with Gasteiger partial charge in [-0.3, -0.25) is 4.79 Å². The van der Waals surface area contributed by atoms with Crippen molar-refractivity contribution in [3.63, 3.8) is 0 Å². The van der Waals surface area contributed by atoms with E-state index in [0.717, 1.165) is 17.1 Å². The fraction of sp³-hybridized carbons (Fsp3) is 0.188. The van der Waals surface area contributed by atoms with Gasteiger partial charge in [-0.15, -0.1) is 0 Å². The summed E-state index contributed by atoms with van der Waals surface area (Å²) in [4.78, 5) is 13.9. The van der Waals surface area contributed by atoms with Gasteiger partial charge in [0, 0.05) is 5.69 Å². The molecule has 1 aliphatic rings. The lowest BCUT2D eigenvalue weighted by atomic mass is 10.1. The normalized spacial score (nSPS) is 13.7. The minimum Gasteiger partial charge on any atom is -0.494 e. The first kappa shape index (κ1) is 12.5. The van der Waals surface area contributed by atoms with Crippen LogP contribution in [0.3, 0.4) is 0 Å². The summed E-state index contributed by atoms with van der Waals surface area (Å²) in [5.41, 5.74) is 3.88. The number of aryl methyl sites for hydroxylation is 1. The van der Waals surface area contributed by atoms with Crippen LogP contribution in [-0.4, -0.2) is 19.6 Å². The van der Waals surface area contributed by atoms with Gasteiger partial charge in [0.1, 0.15) is 18.0 Å². The molecule has 1 heterocycles. The molecule has 0 unspecified atom stereocenters. The van der Waals surface area contributed by atoms with E-state index in [1.807, 2.05) is 54.3 Å². The van der Waals surface area contributed by atoms with Crippen LogP contribution in [0.1, 0.15) is 5.56 Å². The minimum absolute atomic E-state index is 0.0393. The Morgan fingerprint density at radius 2 is 1.90 bits per heavy atom. The monoisotopic (exact) mass is 268 g/mol. The molecule has 0 aliphatic carbocycles. The molecule has 102 valence electrons. The average molecular weight is 268 g/mol. The summed E-state index contributed by atoms with van der Waals surface area (Å²) in [6.07, 6.45) is 0. The second-order valence-electron chi connectivity index (χ2n) is 4.82. The lowest BCUT2D eigenvalue weighted by Crippen LogP contribution is -2.35. The van der Waals surface area contributed by atoms with Crippen molar-refractivity contribution in [3.05, 3.63) is 48.0 Å². The molecule has 0 atom stereocenters. The van der Waals surface area contributed by atoms with Crippen molar-refractivity contribution in [2.45, 2.75) is 6.92 Å². The van der Waals surface area contributed by atoms with Gasteiger partial charge in [0.05, 0.1) is 12.8 Å². The first-order valence-corrected chi connectivity index (χ1v) is 6.50. The summed E-state index contributed by atoms with van der Waals surface area (Å²) in [5, 5.41) is 2.88. The van der Waals surface area contributed by atoms with Crippen molar-refractivity contribution < 1.29 is 9.53 Å². The number of rotatable bonds is 2. The molecule has 0 saturated heterocycles. The first-order valence-electron chi connectivity index (χ1n) is 6.50. The summed E-state index contributed by atoms with van der Waals surface area (Å²) in [7, 11) is 1.60. The molecule has 2 aromatic carbocycles. The summed E-state index contributed by atoms with van der Waals surface area (Å²) in [5.74, 6) is 0.634. The van der Waals surface area contributed by atoms with Gasteiger partial charge >= 0.3 is 0 Å². The third-order valence-corrected chi connectivity index (χ3v) is 3.43. The molecule has 4 nitrogen and oxygen atoms in total. The SMILES string of the molecule is COc1cccc2c1NC(=O)CN2c1ccc(C)cc1. The number of amides is 1. The van der Waals surface area contributed by atoms with Gasteiger partial charge in [0.2, 0.25) is 5.91 Å². The van der Waals surface area contributed by atoms with E-state index in [4.69, 9.17) is 4.74 Å². The van der Waals surface area contributed by atoms with Gasteiger partial charge in [0.15, 0.2) is 0 Å². The van der Waals surface area contributed by atoms with E-state index < -0.39 is 0 Å². The molecule has 1 N–H and O–H groups in total. The van der Waals surface area contributed by atoms with Crippen molar-refractivity contribution in [2.24, 2.45) is 0 Å². The smallest absolute Gasteiger partial charge is 0.244 e. The van der Waals surface area contributed by atoms with E-state index in [2.05, 4.69) is 5.32 Å². The molecule has 1 amide bonds. The summed E-state index contributed by atoms with van der Waals surface area (Å²) in [6.45, 7) is 2.35. The summed E-state index contributed by atoms with van der Waals surface area (Å²) in [6, 6.07) is 13.9. The highest BCUT2D eigenvalue weighted by molar-refractivity contribution is 6.04. The number of methoxy groups -OCH3 is 1. The van der Waals surface area contributed by atoms with E-state index >= 15 is 0 Å². The molecular weight excluding hydrogens is 252 g/mol. The maximum Gasteiger partial charge on any atom is 0.244 e. The van der Waals surface area contributed by atoms with Crippen molar-refractivity contribution in [3.8, 4) is 5.75 Å². The van der Waals surface area contributed by atoms with Crippen LogP contribution in [0.25, 0.3) is 0 Å². The van der Waals surface area contributed by atoms with Crippen molar-refractivity contribution in [2.75, 3.05) is 23.9 Å². The number of fused-ring (bicyclic) bond motifs is 1. The predicted octanol–water partition coefficient (Wildman–Crippen LogP) is 3.09. The third-order valence-electron chi connectivity index (χ3n) is 3.43. The molecule has 0 spiro atoms. The fourth-order valence-corrected chi connectivity index (χ4v) is 2.40. The zero-order valence-corrected chi connectivity index (χ0v) is 11.5. The van der Waals surface area contributed by atoms with Gasteiger partial charge in [-0.1, -0.05) is 23.8 Å². The molecule has 1 aliphatic heterocycles. The Morgan fingerprint density at radius 1 is 1.15 bits per heavy atom. The Morgan fingerprint density at radius 3 is 2.60 bits per heavy atom. The second-order valence-corrected chi connectivity index (χ2v) is 4.82. The average Bonchev–Trinajstić information content (AvgIpc) is 2.46. The third kappa shape index (κ3) is 2.09. The number of nitrogens with zero attached hydrogens (tertiary/aromatic N) is 1. The maximum absolute atomic E-state index is 11.9. The zero-order chi connectivity index (χ0) is 14.1. The summed E-state index contributed by atoms with van der Waals surface area (Å²) < 4.78 is 5.32. The van der Waals surface area contributed by atoms with Crippen LogP contribution in [0.2, 0.25) is 0 Å². The minimum atomic E-state index is -0.0393. The number of benzene rings is 2. The number of hydrogen-bond acceptors (Lipinski definition) is 3. The molecular formula is C16H16N2O2. The molecule has 3 rings (SSSR count). The van der Waals surface area contributed by atoms with Crippen LogP contribution in [0, 0.1) is 6.92 Å². The molecule has 20 heavy (non-hydrogen) atoms. The van der Waals surface area contributed by atoms with E-state index in [0.29, 0.717) is 12.3 Å². The molecule has 4 heteroatoms. The van der Waals surface area contributed by atoms with Gasteiger partial charge in [-0.05, 0) is 31.2 Å². The first-order chi connectivity index (χ1) is 9.69. The number of hydrogen-bond donors (Lipinski definition) is 1. The van der Waals surface area contributed by atoms with E-state index in [9.17, 15) is 4.79 Å². The molecule has 0 aromatic heterocycles. The van der Waals surface area contributed by atoms with Crippen molar-refractivity contribution >= 4 is 23.0 Å². The predicted molar refractivity (Wildman–Crippen MR) is 79.8 cm³/mol. The lowest BCUT2D eigenvalue weighted by molar-refractivity contribution is -0.115. The topological polar surface area (TPSA) is 41.6 Å². The highest BCUT2D eigenvalue weighted by Crippen LogP contribution is 2.40. The number of nitrogens with one attached hydrogen (secondary N) is 1. The number of carbonyl (C=O) groups is 1. The second kappa shape index (κ2) is 4.89. The Hall–Kier alpha value is -2.49. The Kier molecular flexibility index (Phi) is 3.06. The Bertz CT molecular complexity index is 650. The zero-order valence-electron chi connectivity index (χ0n) is 11.5. The van der Waals surface area contributed by atoms with E-state index in [1.165, 1.54) is 5.56 Å². The Balaban J connectivity index is 2.10. The van der Waals surface area contributed by atoms with E-state index in [-0.39, 0.29) is 5.91 Å². The van der Waals surface area contributed by atoms with Crippen LogP contribution in [-0.2, 0) is 4.79 Å². The van der Waals surface area contributed by atoms with Crippen molar-refractivity contribution in [1.29, 1.82) is 0 Å². The molecule has 0 radical (unpaired) electrons. The van der Waals surface area contributed by atoms with Crippen molar-refractivity contribution in [1.82, 2.24) is 0 Å². The van der Waals surface area contributed by atoms with Gasteiger partial charge < -0.3 is 15.0 Å². The van der Waals surface area contributed by atoms with Crippen LogP contribution in [0.5, 0.6) is 5.75 Å². The lowest BCUT2D eigenvalue weighted by Gasteiger charge is -2.31. The molecule has 2 aromatic rings. The van der Waals surface area contributed by atoms with Crippen LogP contribution in [0.4, 0.5) is 17.1 Å². The largest absolute Gasteiger partial charge is 0.494 e. The quantitative estimate of drug-likeness (QED) is 0.910. The Labute approximate surface area is 118 Å². The molecule has 0 fully saturated rings. The standard InChI is InChI=1S/C16H16N2O2/c1-11-6-8-12(9-7-11)18-10-15(19)17-16-13(18)4-3-5-14(16)20-2/h3-9H,10H2,1-2H3,(H,17,19). The van der Waals surface area contributed by atoms with Gasteiger partial charge in [-0.2, -0.15) is 0 Å². The van der Waals surface area contributed by atoms with Gasteiger partial charge in [-0.25, -0.2) is 0 Å². The van der Waals surface area contributed by atoms with Gasteiger partial charge in [0.25, 0.3) is 0 Å². The molecule has 0 bridgehead atoms. The van der Waals surface area contributed by atoms with Crippen LogP contribution in [0.15, 0.2) is 42.5 Å². The summed E-state index contributed by atoms with van der Waals surface area (Å²) >= 11 is 0. The highest BCUT2D eigenvalue weighted by Gasteiger charge is 2.25. The number of ether oxygens (including phenoxy) is 1. The maximum atomic E-state index is 11.9. The van der Waals surface area contributed by atoms with E-state index in [1.54, 1.807) is 7.11 Å². The number of para-hydroxylation sites is 1. The number of anilines is 3. The highest BCUT2D eigenvalue weighted by atomic mass is 16.5. The molecule has 0 saturated carbocycles. The van der Waals surface area contributed by atoms with Crippen LogP contribution < -0.4 is 15.0 Å². The van der Waals surface area contributed by atoms with Crippen LogP contribution >= 0.6 is 0 Å². The number of carbonyl (C=O) groups excluding carboxylic acids is 1.